The van der Waals surface area contributed by atoms with Gasteiger partial charge in [-0.2, -0.15) is 0 Å². The van der Waals surface area contributed by atoms with E-state index in [1.54, 1.807) is 48.8 Å². The Morgan fingerprint density at radius 1 is 1.18 bits per heavy atom. The number of halogens is 1. The van der Waals surface area contributed by atoms with E-state index in [0.29, 0.717) is 39.2 Å². The number of anilines is 1. The number of benzene rings is 2. The Balaban J connectivity index is 1.68. The van der Waals surface area contributed by atoms with Crippen LogP contribution in [0.25, 0.3) is 16.0 Å². The summed E-state index contributed by atoms with van der Waals surface area (Å²) in [4.78, 5) is 36.6. The van der Waals surface area contributed by atoms with E-state index in [4.69, 9.17) is 16.3 Å². The lowest BCUT2D eigenvalue weighted by molar-refractivity contribution is -0.132. The first-order valence-electron chi connectivity index (χ1n) is 10.5. The zero-order valence-corrected chi connectivity index (χ0v) is 19.5. The molecule has 0 aliphatic carbocycles. The van der Waals surface area contributed by atoms with Gasteiger partial charge in [0.2, 0.25) is 0 Å². The zero-order chi connectivity index (χ0) is 23.8. The van der Waals surface area contributed by atoms with Crippen molar-refractivity contribution in [3.05, 3.63) is 88.7 Å². The fraction of sp³-hybridized carbons (Fsp3) is 0.120. The van der Waals surface area contributed by atoms with E-state index in [1.807, 2.05) is 25.1 Å². The smallest absolute Gasteiger partial charge is 0.301 e. The van der Waals surface area contributed by atoms with Gasteiger partial charge in [0.05, 0.1) is 28.4 Å². The van der Waals surface area contributed by atoms with E-state index in [0.717, 1.165) is 4.70 Å². The van der Waals surface area contributed by atoms with Crippen LogP contribution in [0.1, 0.15) is 24.1 Å². The molecule has 4 aromatic rings. The van der Waals surface area contributed by atoms with Crippen LogP contribution in [-0.2, 0) is 9.59 Å². The molecule has 7 nitrogen and oxygen atoms in total. The summed E-state index contributed by atoms with van der Waals surface area (Å²) >= 11 is 7.24. The van der Waals surface area contributed by atoms with Crippen molar-refractivity contribution in [1.29, 1.82) is 0 Å². The molecule has 2 aromatic carbocycles. The lowest BCUT2D eigenvalue weighted by Gasteiger charge is -2.22. The first-order chi connectivity index (χ1) is 16.5. The number of aliphatic hydroxyl groups excluding tert-OH is 1. The Morgan fingerprint density at radius 3 is 2.68 bits per heavy atom. The third-order valence-corrected chi connectivity index (χ3v) is 6.70. The van der Waals surface area contributed by atoms with E-state index in [1.165, 1.54) is 16.2 Å². The molecule has 1 fully saturated rings. The molecule has 3 heterocycles. The number of hydrogen-bond acceptors (Lipinski definition) is 7. The average molecular weight is 492 g/mol. The molecular formula is C25H18ClN3O4S. The van der Waals surface area contributed by atoms with Crippen molar-refractivity contribution >= 4 is 55.7 Å². The van der Waals surface area contributed by atoms with Crippen LogP contribution in [0.3, 0.4) is 0 Å². The van der Waals surface area contributed by atoms with E-state index in [-0.39, 0.29) is 11.3 Å². The summed E-state index contributed by atoms with van der Waals surface area (Å²) in [6.07, 6.45) is 3.17. The Morgan fingerprint density at radius 2 is 1.97 bits per heavy atom. The van der Waals surface area contributed by atoms with Crippen LogP contribution < -0.4 is 9.64 Å². The molecule has 1 aliphatic heterocycles. The average Bonchev–Trinajstić information content (AvgIpc) is 3.38. The monoisotopic (exact) mass is 491 g/mol. The molecule has 5 rings (SSSR count). The van der Waals surface area contributed by atoms with Crippen molar-refractivity contribution < 1.29 is 19.4 Å². The molecule has 1 amide bonds. The minimum Gasteiger partial charge on any atom is -0.507 e. The number of ketones is 1. The largest absolute Gasteiger partial charge is 0.507 e. The van der Waals surface area contributed by atoms with Crippen molar-refractivity contribution in [3.8, 4) is 5.75 Å². The van der Waals surface area contributed by atoms with Gasteiger partial charge >= 0.3 is 5.91 Å². The van der Waals surface area contributed by atoms with E-state index in [9.17, 15) is 14.7 Å². The van der Waals surface area contributed by atoms with Crippen molar-refractivity contribution in [1.82, 2.24) is 9.97 Å². The maximum atomic E-state index is 13.3. The minimum atomic E-state index is -0.892. The van der Waals surface area contributed by atoms with Crippen LogP contribution in [0.2, 0.25) is 5.02 Å². The predicted octanol–water partition coefficient (Wildman–Crippen LogP) is 5.37. The summed E-state index contributed by atoms with van der Waals surface area (Å²) in [5, 5.41) is 11.9. The van der Waals surface area contributed by atoms with E-state index >= 15 is 0 Å². The molecule has 9 heteroatoms. The van der Waals surface area contributed by atoms with Crippen LogP contribution >= 0.6 is 22.9 Å². The van der Waals surface area contributed by atoms with Gasteiger partial charge in [0.25, 0.3) is 5.78 Å². The third-order valence-electron chi connectivity index (χ3n) is 5.43. The van der Waals surface area contributed by atoms with Crippen molar-refractivity contribution in [3.63, 3.8) is 0 Å². The standard InChI is InChI=1S/C25H18ClN3O4S/c1-2-33-17-9-10-18-19(12-17)34-25(28-18)29-21(15-4-3-11-27-13-15)20(23(31)24(29)32)22(30)14-5-7-16(26)8-6-14/h3-13,21,30H,2H2,1H3/b22-20+. The SMILES string of the molecule is CCOc1ccc2nc(N3C(=O)C(=O)/C(=C(/O)c4ccc(Cl)cc4)C3c3cccnc3)sc2c1. The fourth-order valence-corrected chi connectivity index (χ4v) is 5.05. The number of hydrogen-bond donors (Lipinski definition) is 1. The number of Topliss-reactive ketones (excluding diaryl/α,β-unsaturated/α-hetero) is 1. The van der Waals surface area contributed by atoms with Crippen LogP contribution in [0.5, 0.6) is 5.75 Å². The van der Waals surface area contributed by atoms with E-state index < -0.39 is 17.7 Å². The number of pyridine rings is 1. The molecule has 1 atom stereocenters. The number of aliphatic hydroxyl groups is 1. The third kappa shape index (κ3) is 3.81. The van der Waals surface area contributed by atoms with Gasteiger partial charge in [0, 0.05) is 23.0 Å². The molecular weight excluding hydrogens is 474 g/mol. The number of carbonyl (C=O) groups excluding carboxylic acids is 2. The molecule has 0 spiro atoms. The van der Waals surface area contributed by atoms with Crippen LogP contribution in [0.4, 0.5) is 5.13 Å². The van der Waals surface area contributed by atoms with Crippen LogP contribution in [0.15, 0.2) is 72.6 Å². The number of fused-ring (bicyclic) bond motifs is 1. The number of amides is 1. The highest BCUT2D eigenvalue weighted by Crippen LogP contribution is 2.44. The van der Waals surface area contributed by atoms with Crippen molar-refractivity contribution in [2.75, 3.05) is 11.5 Å². The molecule has 1 aliphatic rings. The molecule has 1 unspecified atom stereocenters. The van der Waals surface area contributed by atoms with Gasteiger partial charge in [-0.15, -0.1) is 0 Å². The molecule has 2 aromatic heterocycles. The normalized spacial score (nSPS) is 17.5. The lowest BCUT2D eigenvalue weighted by atomic mass is 9.96. The Bertz CT molecular complexity index is 1430. The minimum absolute atomic E-state index is 0.0328. The topological polar surface area (TPSA) is 92.6 Å². The van der Waals surface area contributed by atoms with Crippen molar-refractivity contribution in [2.24, 2.45) is 0 Å². The summed E-state index contributed by atoms with van der Waals surface area (Å²) in [6.45, 7) is 2.42. The van der Waals surface area contributed by atoms with Gasteiger partial charge in [0.1, 0.15) is 11.5 Å². The highest BCUT2D eigenvalue weighted by Gasteiger charge is 2.48. The number of carbonyl (C=O) groups is 2. The summed E-state index contributed by atoms with van der Waals surface area (Å²) in [6, 6.07) is 14.4. The molecule has 0 saturated carbocycles. The summed E-state index contributed by atoms with van der Waals surface area (Å²) in [5.74, 6) is -1.16. The van der Waals surface area contributed by atoms with E-state index in [2.05, 4.69) is 9.97 Å². The fourth-order valence-electron chi connectivity index (χ4n) is 3.90. The maximum Gasteiger partial charge on any atom is 0.301 e. The first-order valence-corrected chi connectivity index (χ1v) is 11.7. The van der Waals surface area contributed by atoms with Gasteiger partial charge in [-0.25, -0.2) is 4.98 Å². The molecule has 0 bridgehead atoms. The van der Waals surface area contributed by atoms with Crippen LogP contribution in [-0.4, -0.2) is 33.4 Å². The second kappa shape index (κ2) is 8.89. The lowest BCUT2D eigenvalue weighted by Crippen LogP contribution is -2.29. The highest BCUT2D eigenvalue weighted by atomic mass is 35.5. The number of rotatable bonds is 5. The molecule has 0 radical (unpaired) electrons. The van der Waals surface area contributed by atoms with Gasteiger partial charge < -0.3 is 9.84 Å². The second-order valence-electron chi connectivity index (χ2n) is 7.52. The molecule has 34 heavy (non-hydrogen) atoms. The van der Waals surface area contributed by atoms with Gasteiger partial charge in [-0.05, 0) is 61.0 Å². The van der Waals surface area contributed by atoms with Crippen molar-refractivity contribution in [2.45, 2.75) is 13.0 Å². The number of ether oxygens (including phenoxy) is 1. The van der Waals surface area contributed by atoms with Gasteiger partial charge in [-0.3, -0.25) is 19.5 Å². The Kier molecular flexibility index (Phi) is 5.77. The zero-order valence-electron chi connectivity index (χ0n) is 17.9. The maximum absolute atomic E-state index is 13.3. The van der Waals surface area contributed by atoms with Gasteiger partial charge in [-0.1, -0.05) is 29.0 Å². The summed E-state index contributed by atoms with van der Waals surface area (Å²) in [5.41, 5.74) is 1.59. The number of thiazole rings is 1. The molecule has 1 N–H and O–H groups in total. The quantitative estimate of drug-likeness (QED) is 0.229. The number of nitrogens with zero attached hydrogens (tertiary/aromatic N) is 3. The number of aromatic nitrogens is 2. The highest BCUT2D eigenvalue weighted by molar-refractivity contribution is 7.22. The second-order valence-corrected chi connectivity index (χ2v) is 8.97. The molecule has 1 saturated heterocycles. The summed E-state index contributed by atoms with van der Waals surface area (Å²) < 4.78 is 6.38. The first kappa shape index (κ1) is 22.1. The van der Waals surface area contributed by atoms with Gasteiger partial charge in [0.15, 0.2) is 5.13 Å². The Hall–Kier alpha value is -3.75. The predicted molar refractivity (Wildman–Crippen MR) is 131 cm³/mol. The summed E-state index contributed by atoms with van der Waals surface area (Å²) in [7, 11) is 0. The van der Waals surface area contributed by atoms with Crippen LogP contribution in [0, 0.1) is 0 Å². The molecule has 170 valence electrons. The Labute approximate surface area is 203 Å².